The van der Waals surface area contributed by atoms with Crippen LogP contribution in [0.5, 0.6) is 0 Å². The van der Waals surface area contributed by atoms with Crippen LogP contribution in [-0.2, 0) is 17.9 Å². The summed E-state index contributed by atoms with van der Waals surface area (Å²) in [5.74, 6) is 0.132. The molecule has 7 heteroatoms. The Kier molecular flexibility index (Phi) is 6.33. The van der Waals surface area contributed by atoms with E-state index in [0.29, 0.717) is 28.5 Å². The average molecular weight is 430 g/mol. The summed E-state index contributed by atoms with van der Waals surface area (Å²) in [5, 5.41) is 3.83. The number of fused-ring (bicyclic) bond motifs is 1. The summed E-state index contributed by atoms with van der Waals surface area (Å²) < 4.78 is 7.67. The largest absolute Gasteiger partial charge is 0.429 e. The summed E-state index contributed by atoms with van der Waals surface area (Å²) in [6.07, 6.45) is 3.18. The third-order valence-electron chi connectivity index (χ3n) is 5.41. The number of carbonyl (C=O) groups excluding carboxylic acids is 1. The number of oxazole rings is 1. The van der Waals surface area contributed by atoms with Gasteiger partial charge in [0.2, 0.25) is 5.91 Å². The molecule has 1 N–H and O–H groups in total. The molecule has 5 nitrogen and oxygen atoms in total. The Morgan fingerprint density at radius 1 is 1.17 bits per heavy atom. The van der Waals surface area contributed by atoms with E-state index >= 15 is 0 Å². The van der Waals surface area contributed by atoms with Crippen molar-refractivity contribution in [1.82, 2.24) is 14.8 Å². The minimum atomic E-state index is 0.132. The number of piperidine rings is 1. The average Bonchev–Trinajstić information content (AvgIpc) is 3.03. The second-order valence-corrected chi connectivity index (χ2v) is 8.28. The van der Waals surface area contributed by atoms with Crippen molar-refractivity contribution >= 4 is 40.8 Å². The molecule has 2 aromatic carbocycles. The van der Waals surface area contributed by atoms with E-state index in [2.05, 4.69) is 22.3 Å². The Balaban J connectivity index is 1.27. The molecular weight excluding hydrogens is 406 g/mol. The van der Waals surface area contributed by atoms with Crippen LogP contribution in [0.4, 0.5) is 0 Å². The number of rotatable bonds is 6. The van der Waals surface area contributed by atoms with Crippen LogP contribution in [0.15, 0.2) is 52.9 Å². The highest BCUT2D eigenvalue weighted by Gasteiger charge is 2.21. The van der Waals surface area contributed by atoms with Crippen molar-refractivity contribution in [2.24, 2.45) is 0 Å². The first-order chi connectivity index (χ1) is 14.1. The Labute approximate surface area is 180 Å². The molecule has 0 radical (unpaired) electrons. The molecule has 1 aliphatic heterocycles. The van der Waals surface area contributed by atoms with Gasteiger partial charge in [-0.1, -0.05) is 41.9 Å². The van der Waals surface area contributed by atoms with Crippen LogP contribution in [0.1, 0.15) is 24.8 Å². The lowest BCUT2D eigenvalue weighted by atomic mass is 10.0. The normalized spacial score (nSPS) is 15.6. The molecule has 152 valence electrons. The third-order valence-corrected chi connectivity index (χ3v) is 5.95. The summed E-state index contributed by atoms with van der Waals surface area (Å²) in [6, 6.07) is 15.9. The Morgan fingerprint density at radius 3 is 2.69 bits per heavy atom. The van der Waals surface area contributed by atoms with E-state index in [-0.39, 0.29) is 11.9 Å². The molecule has 1 saturated heterocycles. The standard InChI is InChI=1S/C22H24ClN3O2S/c23-17-7-8-19-20(14-17)28-22(29)26(19)15-25-12-10-18(11-13-25)24-21(27)9-6-16-4-2-1-3-5-16/h1-5,7-8,14,18H,6,9-13,15H2,(H,24,27). The van der Waals surface area contributed by atoms with E-state index in [1.807, 2.05) is 34.9 Å². The molecule has 0 bridgehead atoms. The van der Waals surface area contributed by atoms with Crippen molar-refractivity contribution in [3.8, 4) is 0 Å². The van der Waals surface area contributed by atoms with Crippen LogP contribution in [0.3, 0.4) is 0 Å². The zero-order valence-electron chi connectivity index (χ0n) is 16.1. The van der Waals surface area contributed by atoms with Crippen molar-refractivity contribution in [2.45, 2.75) is 38.4 Å². The molecule has 1 fully saturated rings. The molecule has 0 aliphatic carbocycles. The van der Waals surface area contributed by atoms with Gasteiger partial charge in [0.05, 0.1) is 12.2 Å². The molecule has 1 amide bonds. The van der Waals surface area contributed by atoms with Crippen molar-refractivity contribution in [2.75, 3.05) is 13.1 Å². The van der Waals surface area contributed by atoms with Gasteiger partial charge in [0, 0.05) is 36.6 Å². The zero-order chi connectivity index (χ0) is 20.2. The van der Waals surface area contributed by atoms with Gasteiger partial charge in [-0.25, -0.2) is 0 Å². The lowest BCUT2D eigenvalue weighted by molar-refractivity contribution is -0.122. The van der Waals surface area contributed by atoms with Crippen molar-refractivity contribution < 1.29 is 9.21 Å². The van der Waals surface area contributed by atoms with Crippen LogP contribution in [0.25, 0.3) is 11.1 Å². The SMILES string of the molecule is O=C(CCc1ccccc1)NC1CCN(Cn2c(=S)oc3cc(Cl)ccc32)CC1. The van der Waals surface area contributed by atoms with Gasteiger partial charge in [-0.15, -0.1) is 0 Å². The number of benzene rings is 2. The first-order valence-corrected chi connectivity index (χ1v) is 10.7. The number of halogens is 1. The van der Waals surface area contributed by atoms with E-state index in [1.54, 1.807) is 6.07 Å². The lowest BCUT2D eigenvalue weighted by Crippen LogP contribution is -2.45. The summed E-state index contributed by atoms with van der Waals surface area (Å²) in [6.45, 7) is 2.50. The highest BCUT2D eigenvalue weighted by atomic mass is 35.5. The number of hydrogen-bond acceptors (Lipinski definition) is 4. The first kappa shape index (κ1) is 20.1. The Bertz CT molecular complexity index is 1040. The fourth-order valence-electron chi connectivity index (χ4n) is 3.80. The van der Waals surface area contributed by atoms with Crippen molar-refractivity contribution in [1.29, 1.82) is 0 Å². The summed E-state index contributed by atoms with van der Waals surface area (Å²) in [4.78, 5) is 15.1. The van der Waals surface area contributed by atoms with Crippen LogP contribution >= 0.6 is 23.8 Å². The van der Waals surface area contributed by atoms with Gasteiger partial charge >= 0.3 is 0 Å². The molecule has 4 rings (SSSR count). The van der Waals surface area contributed by atoms with E-state index in [4.69, 9.17) is 28.2 Å². The van der Waals surface area contributed by atoms with Gasteiger partial charge in [-0.05, 0) is 49.2 Å². The second-order valence-electron chi connectivity index (χ2n) is 7.49. The number of hydrogen-bond donors (Lipinski definition) is 1. The van der Waals surface area contributed by atoms with Gasteiger partial charge in [-0.3, -0.25) is 14.3 Å². The topological polar surface area (TPSA) is 50.4 Å². The minimum absolute atomic E-state index is 0.132. The predicted octanol–water partition coefficient (Wildman–Crippen LogP) is 4.79. The maximum Gasteiger partial charge on any atom is 0.270 e. The molecule has 2 heterocycles. The summed E-state index contributed by atoms with van der Waals surface area (Å²) >= 11 is 11.4. The van der Waals surface area contributed by atoms with Gasteiger partial charge < -0.3 is 9.73 Å². The predicted molar refractivity (Wildman–Crippen MR) is 118 cm³/mol. The molecule has 0 spiro atoms. The maximum atomic E-state index is 12.3. The maximum absolute atomic E-state index is 12.3. The number of likely N-dealkylation sites (tertiary alicyclic amines) is 1. The third kappa shape index (κ3) is 5.07. The Hall–Kier alpha value is -2.15. The number of aromatic nitrogens is 1. The summed E-state index contributed by atoms with van der Waals surface area (Å²) in [7, 11) is 0. The molecule has 1 aliphatic rings. The van der Waals surface area contributed by atoms with E-state index in [1.165, 1.54) is 5.56 Å². The number of aryl methyl sites for hydroxylation is 1. The molecular formula is C22H24ClN3O2S. The van der Waals surface area contributed by atoms with E-state index in [9.17, 15) is 4.79 Å². The minimum Gasteiger partial charge on any atom is -0.429 e. The fourth-order valence-corrected chi connectivity index (χ4v) is 4.20. The number of amides is 1. The molecule has 0 saturated carbocycles. The number of carbonyl (C=O) groups is 1. The second kappa shape index (κ2) is 9.11. The van der Waals surface area contributed by atoms with Gasteiger partial charge in [0.1, 0.15) is 0 Å². The van der Waals surface area contributed by atoms with Crippen LogP contribution in [-0.4, -0.2) is 34.5 Å². The van der Waals surface area contributed by atoms with Gasteiger partial charge in [-0.2, -0.15) is 0 Å². The van der Waals surface area contributed by atoms with E-state index < -0.39 is 0 Å². The monoisotopic (exact) mass is 429 g/mol. The number of nitrogens with one attached hydrogen (secondary N) is 1. The molecule has 0 unspecified atom stereocenters. The molecule has 3 aromatic rings. The fraction of sp³-hybridized carbons (Fsp3) is 0.364. The molecule has 1 aromatic heterocycles. The quantitative estimate of drug-likeness (QED) is 0.572. The summed E-state index contributed by atoms with van der Waals surface area (Å²) in [5.41, 5.74) is 2.86. The van der Waals surface area contributed by atoms with Crippen molar-refractivity contribution in [3.63, 3.8) is 0 Å². The highest BCUT2D eigenvalue weighted by Crippen LogP contribution is 2.23. The highest BCUT2D eigenvalue weighted by molar-refractivity contribution is 7.71. The van der Waals surface area contributed by atoms with E-state index in [0.717, 1.165) is 37.9 Å². The van der Waals surface area contributed by atoms with Crippen LogP contribution in [0.2, 0.25) is 5.02 Å². The van der Waals surface area contributed by atoms with Crippen LogP contribution in [0, 0.1) is 4.84 Å². The first-order valence-electron chi connectivity index (χ1n) is 9.93. The smallest absolute Gasteiger partial charge is 0.270 e. The number of nitrogens with zero attached hydrogens (tertiary/aromatic N) is 2. The van der Waals surface area contributed by atoms with Crippen molar-refractivity contribution in [3.05, 3.63) is 64.0 Å². The molecule has 29 heavy (non-hydrogen) atoms. The van der Waals surface area contributed by atoms with Crippen LogP contribution < -0.4 is 5.32 Å². The van der Waals surface area contributed by atoms with Gasteiger partial charge in [0.25, 0.3) is 4.84 Å². The Morgan fingerprint density at radius 2 is 1.93 bits per heavy atom. The zero-order valence-corrected chi connectivity index (χ0v) is 17.7. The van der Waals surface area contributed by atoms with Gasteiger partial charge in [0.15, 0.2) is 5.58 Å². The molecule has 0 atom stereocenters. The lowest BCUT2D eigenvalue weighted by Gasteiger charge is -2.32.